The van der Waals surface area contributed by atoms with Crippen LogP contribution in [0.15, 0.2) is 24.3 Å². The maximum Gasteiger partial charge on any atom is 0.309 e. The number of hydrogen-bond donors (Lipinski definition) is 1. The van der Waals surface area contributed by atoms with Crippen LogP contribution in [0.3, 0.4) is 0 Å². The Morgan fingerprint density at radius 3 is 2.43 bits per heavy atom. The Morgan fingerprint density at radius 2 is 1.77 bits per heavy atom. The zero-order valence-corrected chi connectivity index (χ0v) is 17.6. The van der Waals surface area contributed by atoms with Crippen molar-refractivity contribution in [2.45, 2.75) is 64.5 Å². The van der Waals surface area contributed by atoms with Crippen molar-refractivity contribution in [2.75, 3.05) is 10.2 Å². The maximum absolute atomic E-state index is 13.3. The van der Waals surface area contributed by atoms with Gasteiger partial charge in [0, 0.05) is 11.8 Å². The van der Waals surface area contributed by atoms with Gasteiger partial charge >= 0.3 is 5.97 Å². The van der Waals surface area contributed by atoms with Crippen molar-refractivity contribution in [1.29, 1.82) is 0 Å². The highest BCUT2D eigenvalue weighted by atomic mass is 16.5. The molecular formula is C23H28N2O5. The standard InChI is InChI=1S/C23H28N2O5/c1-13(30-21(28)16-11-14-7-6-8-15(12-16)19(14)26)20(27)25-18-10-5-4-9-17(18)24-22(29)23(25,2)3/h4-5,9-10,13-16H,6-8,11-12H2,1-3H3,(H,24,29)/t13-,14-,15+,16?/m1/s1. The number of anilines is 2. The fourth-order valence-corrected chi connectivity index (χ4v) is 5.02. The average Bonchev–Trinajstić information content (AvgIpc) is 2.68. The molecule has 1 aromatic carbocycles. The Labute approximate surface area is 176 Å². The number of fused-ring (bicyclic) bond motifs is 3. The topological polar surface area (TPSA) is 92.8 Å². The van der Waals surface area contributed by atoms with Gasteiger partial charge in [0.2, 0.25) is 5.91 Å². The van der Waals surface area contributed by atoms with E-state index in [-0.39, 0.29) is 29.4 Å². The van der Waals surface area contributed by atoms with Crippen LogP contribution in [0.2, 0.25) is 0 Å². The van der Waals surface area contributed by atoms with Gasteiger partial charge in [-0.1, -0.05) is 18.6 Å². The fourth-order valence-electron chi connectivity index (χ4n) is 5.02. The molecule has 1 N–H and O–H groups in total. The molecular weight excluding hydrogens is 384 g/mol. The van der Waals surface area contributed by atoms with E-state index in [1.807, 2.05) is 0 Å². The molecule has 3 aliphatic rings. The highest BCUT2D eigenvalue weighted by molar-refractivity contribution is 6.15. The molecule has 7 heteroatoms. The number of carbonyl (C=O) groups is 4. The molecule has 2 fully saturated rings. The van der Waals surface area contributed by atoms with Crippen LogP contribution in [0.5, 0.6) is 0 Å². The summed E-state index contributed by atoms with van der Waals surface area (Å²) in [6.45, 7) is 4.87. The van der Waals surface area contributed by atoms with Gasteiger partial charge in [-0.25, -0.2) is 0 Å². The normalized spacial score (nSPS) is 28.2. The molecule has 2 amide bonds. The molecule has 4 atom stereocenters. The van der Waals surface area contributed by atoms with E-state index < -0.39 is 23.5 Å². The van der Waals surface area contributed by atoms with Crippen LogP contribution in [-0.4, -0.2) is 35.2 Å². The number of para-hydroxylation sites is 2. The molecule has 2 bridgehead atoms. The van der Waals surface area contributed by atoms with Crippen LogP contribution in [0.1, 0.15) is 52.9 Å². The number of nitrogens with zero attached hydrogens (tertiary/aromatic N) is 1. The van der Waals surface area contributed by atoms with Gasteiger partial charge in [0.15, 0.2) is 6.10 Å². The van der Waals surface area contributed by atoms with E-state index in [1.54, 1.807) is 45.0 Å². The number of nitrogens with one attached hydrogen (secondary N) is 1. The highest BCUT2D eigenvalue weighted by Crippen LogP contribution is 2.41. The lowest BCUT2D eigenvalue weighted by Gasteiger charge is -2.43. The van der Waals surface area contributed by atoms with Gasteiger partial charge in [-0.2, -0.15) is 0 Å². The lowest BCUT2D eigenvalue weighted by Crippen LogP contribution is -2.60. The van der Waals surface area contributed by atoms with E-state index >= 15 is 0 Å². The fraction of sp³-hybridized carbons (Fsp3) is 0.565. The molecule has 0 saturated heterocycles. The third-order valence-electron chi connectivity index (χ3n) is 6.75. The van der Waals surface area contributed by atoms with Gasteiger partial charge in [0.1, 0.15) is 11.3 Å². The predicted octanol–water partition coefficient (Wildman–Crippen LogP) is 3.08. The Kier molecular flexibility index (Phi) is 5.16. The Morgan fingerprint density at radius 1 is 1.13 bits per heavy atom. The van der Waals surface area contributed by atoms with E-state index in [0.717, 1.165) is 19.3 Å². The molecule has 1 heterocycles. The molecule has 1 unspecified atom stereocenters. The molecule has 7 nitrogen and oxygen atoms in total. The van der Waals surface area contributed by atoms with E-state index in [1.165, 1.54) is 4.90 Å². The first-order valence-corrected chi connectivity index (χ1v) is 10.7. The zero-order valence-electron chi connectivity index (χ0n) is 17.6. The molecule has 160 valence electrons. The first-order chi connectivity index (χ1) is 14.2. The van der Waals surface area contributed by atoms with Crippen LogP contribution in [0, 0.1) is 17.8 Å². The summed E-state index contributed by atoms with van der Waals surface area (Å²) in [5, 5.41) is 2.82. The zero-order chi connectivity index (χ0) is 21.6. The summed E-state index contributed by atoms with van der Waals surface area (Å²) in [4.78, 5) is 52.4. The van der Waals surface area contributed by atoms with Gasteiger partial charge in [0.25, 0.3) is 5.91 Å². The van der Waals surface area contributed by atoms with Crippen LogP contribution in [0.25, 0.3) is 0 Å². The third-order valence-corrected chi connectivity index (χ3v) is 6.75. The minimum atomic E-state index is -1.12. The van der Waals surface area contributed by atoms with Gasteiger partial charge in [-0.3, -0.25) is 24.1 Å². The number of hydrogen-bond acceptors (Lipinski definition) is 5. The van der Waals surface area contributed by atoms with Crippen molar-refractivity contribution < 1.29 is 23.9 Å². The molecule has 30 heavy (non-hydrogen) atoms. The number of benzene rings is 1. The van der Waals surface area contributed by atoms with Crippen molar-refractivity contribution in [2.24, 2.45) is 17.8 Å². The summed E-state index contributed by atoms with van der Waals surface area (Å²) in [6, 6.07) is 7.07. The molecule has 1 aromatic rings. The number of ether oxygens (including phenoxy) is 1. The minimum Gasteiger partial charge on any atom is -0.452 e. The summed E-state index contributed by atoms with van der Waals surface area (Å²) in [7, 11) is 0. The molecule has 2 aliphatic carbocycles. The molecule has 1 aliphatic heterocycles. The number of rotatable bonds is 3. The summed E-state index contributed by atoms with van der Waals surface area (Å²) in [5.41, 5.74) is 0.000490. The minimum absolute atomic E-state index is 0.0577. The third kappa shape index (κ3) is 3.40. The van der Waals surface area contributed by atoms with E-state index in [0.29, 0.717) is 24.2 Å². The van der Waals surface area contributed by atoms with Crippen LogP contribution < -0.4 is 10.2 Å². The molecule has 0 aromatic heterocycles. The number of ketones is 1. The summed E-state index contributed by atoms with van der Waals surface area (Å²) < 4.78 is 5.58. The van der Waals surface area contributed by atoms with Crippen LogP contribution in [-0.2, 0) is 23.9 Å². The van der Waals surface area contributed by atoms with E-state index in [4.69, 9.17) is 4.74 Å². The smallest absolute Gasteiger partial charge is 0.309 e. The van der Waals surface area contributed by atoms with Crippen molar-refractivity contribution >= 4 is 34.9 Å². The second-order valence-corrected chi connectivity index (χ2v) is 9.18. The van der Waals surface area contributed by atoms with Crippen molar-refractivity contribution in [1.82, 2.24) is 0 Å². The maximum atomic E-state index is 13.3. The van der Waals surface area contributed by atoms with Gasteiger partial charge < -0.3 is 10.1 Å². The van der Waals surface area contributed by atoms with Gasteiger partial charge in [-0.05, 0) is 58.6 Å². The quantitative estimate of drug-likeness (QED) is 0.770. The van der Waals surface area contributed by atoms with Crippen LogP contribution in [0.4, 0.5) is 11.4 Å². The van der Waals surface area contributed by atoms with Gasteiger partial charge in [0.05, 0.1) is 17.3 Å². The largest absolute Gasteiger partial charge is 0.452 e. The summed E-state index contributed by atoms with van der Waals surface area (Å²) in [6.07, 6.45) is 2.69. The number of Topliss-reactive ketones (excluding diaryl/α,β-unsaturated/α-hetero) is 1. The van der Waals surface area contributed by atoms with Crippen molar-refractivity contribution in [3.05, 3.63) is 24.3 Å². The monoisotopic (exact) mass is 412 g/mol. The first-order valence-electron chi connectivity index (χ1n) is 10.7. The average molecular weight is 412 g/mol. The highest BCUT2D eigenvalue weighted by Gasteiger charge is 2.46. The lowest BCUT2D eigenvalue weighted by atomic mass is 9.67. The predicted molar refractivity (Wildman–Crippen MR) is 111 cm³/mol. The second kappa shape index (κ2) is 7.52. The van der Waals surface area contributed by atoms with E-state index in [9.17, 15) is 19.2 Å². The van der Waals surface area contributed by atoms with E-state index in [2.05, 4.69) is 5.32 Å². The van der Waals surface area contributed by atoms with Crippen molar-refractivity contribution in [3.63, 3.8) is 0 Å². The molecule has 4 rings (SSSR count). The Bertz CT molecular complexity index is 893. The first kappa shape index (κ1) is 20.6. The molecule has 0 spiro atoms. The number of amides is 2. The molecule has 2 saturated carbocycles. The summed E-state index contributed by atoms with van der Waals surface area (Å²) >= 11 is 0. The number of carbonyl (C=O) groups excluding carboxylic acids is 4. The Hall–Kier alpha value is -2.70. The number of esters is 1. The Balaban J connectivity index is 1.50. The van der Waals surface area contributed by atoms with Crippen molar-refractivity contribution in [3.8, 4) is 0 Å². The summed E-state index contributed by atoms with van der Waals surface area (Å²) in [5.74, 6) is -1.34. The SMILES string of the molecule is C[C@@H](OC(=O)C1C[C@H]2CCC[C@@H](C1)C2=O)C(=O)N1c2ccccc2NC(=O)C1(C)C. The lowest BCUT2D eigenvalue weighted by molar-refractivity contribution is -0.161. The van der Waals surface area contributed by atoms with Gasteiger partial charge in [-0.15, -0.1) is 0 Å². The molecule has 0 radical (unpaired) electrons. The van der Waals surface area contributed by atoms with Crippen LogP contribution >= 0.6 is 0 Å². The second-order valence-electron chi connectivity index (χ2n) is 9.18.